The van der Waals surface area contributed by atoms with Gasteiger partial charge in [0.2, 0.25) is 10.0 Å². The van der Waals surface area contributed by atoms with Crippen LogP contribution in [0.25, 0.3) is 10.9 Å². The number of para-hydroxylation sites is 1. The lowest BCUT2D eigenvalue weighted by Crippen LogP contribution is -2.41. The summed E-state index contributed by atoms with van der Waals surface area (Å²) in [6.45, 7) is 4.31. The smallest absolute Gasteiger partial charge is 0.242 e. The van der Waals surface area contributed by atoms with Crippen molar-refractivity contribution in [3.63, 3.8) is 0 Å². The van der Waals surface area contributed by atoms with Gasteiger partial charge in [0.05, 0.1) is 5.52 Å². The molecule has 124 valence electrons. The predicted octanol–water partition coefficient (Wildman–Crippen LogP) is 2.30. The molecule has 6 heteroatoms. The zero-order valence-corrected chi connectivity index (χ0v) is 14.6. The van der Waals surface area contributed by atoms with Crippen LogP contribution in [0.5, 0.6) is 0 Å². The predicted molar refractivity (Wildman–Crippen MR) is 91.9 cm³/mol. The first-order valence-corrected chi connectivity index (χ1v) is 9.45. The number of aromatic nitrogens is 1. The van der Waals surface area contributed by atoms with E-state index in [0.717, 1.165) is 11.1 Å². The highest BCUT2D eigenvalue weighted by Gasteiger charge is 2.29. The van der Waals surface area contributed by atoms with Crippen molar-refractivity contribution in [2.45, 2.75) is 43.7 Å². The maximum Gasteiger partial charge on any atom is 0.242 e. The van der Waals surface area contributed by atoms with Crippen LogP contribution in [0.15, 0.2) is 35.2 Å². The molecule has 0 spiro atoms. The molecule has 2 aromatic rings. The van der Waals surface area contributed by atoms with Gasteiger partial charge in [0.1, 0.15) is 4.90 Å². The molecule has 0 aliphatic heterocycles. The van der Waals surface area contributed by atoms with E-state index in [-0.39, 0.29) is 10.9 Å². The Kier molecular flexibility index (Phi) is 4.40. The highest BCUT2D eigenvalue weighted by molar-refractivity contribution is 7.89. The summed E-state index contributed by atoms with van der Waals surface area (Å²) < 4.78 is 28.1. The average molecular weight is 333 g/mol. The Labute approximate surface area is 137 Å². The fourth-order valence-electron chi connectivity index (χ4n) is 2.73. The van der Waals surface area contributed by atoms with Crippen LogP contribution >= 0.6 is 0 Å². The minimum Gasteiger partial charge on any atom is -0.299 e. The third-order valence-electron chi connectivity index (χ3n) is 4.50. The van der Waals surface area contributed by atoms with Gasteiger partial charge in [-0.3, -0.25) is 9.88 Å². The lowest BCUT2D eigenvalue weighted by Gasteiger charge is -2.24. The van der Waals surface area contributed by atoms with Gasteiger partial charge in [0.25, 0.3) is 0 Å². The van der Waals surface area contributed by atoms with Gasteiger partial charge in [-0.25, -0.2) is 13.1 Å². The molecular formula is C17H23N3O2S. The van der Waals surface area contributed by atoms with Crippen molar-refractivity contribution in [3.8, 4) is 0 Å². The molecule has 0 bridgehead atoms. The molecule has 1 aliphatic carbocycles. The van der Waals surface area contributed by atoms with Crippen LogP contribution in [-0.4, -0.2) is 44.0 Å². The molecule has 1 atom stereocenters. The number of hydrogen-bond acceptors (Lipinski definition) is 4. The molecule has 1 N–H and O–H groups in total. The van der Waals surface area contributed by atoms with Gasteiger partial charge in [-0.15, -0.1) is 0 Å². The van der Waals surface area contributed by atoms with Crippen LogP contribution in [0.2, 0.25) is 0 Å². The Balaban J connectivity index is 1.83. The van der Waals surface area contributed by atoms with Crippen molar-refractivity contribution < 1.29 is 8.42 Å². The molecule has 1 unspecified atom stereocenters. The normalized spacial score (nSPS) is 16.9. The highest BCUT2D eigenvalue weighted by atomic mass is 32.2. The average Bonchev–Trinajstić information content (AvgIpc) is 3.36. The third kappa shape index (κ3) is 3.54. The lowest BCUT2D eigenvalue weighted by atomic mass is 10.2. The number of fused-ring (bicyclic) bond motifs is 1. The van der Waals surface area contributed by atoms with Crippen LogP contribution < -0.4 is 4.72 Å². The van der Waals surface area contributed by atoms with E-state index in [4.69, 9.17) is 0 Å². The van der Waals surface area contributed by atoms with Gasteiger partial charge in [0.15, 0.2) is 0 Å². The molecule has 5 nitrogen and oxygen atoms in total. The second-order valence-electron chi connectivity index (χ2n) is 6.38. The number of rotatable bonds is 6. The molecule has 1 saturated carbocycles. The summed E-state index contributed by atoms with van der Waals surface area (Å²) in [6, 6.07) is 9.82. The van der Waals surface area contributed by atoms with Crippen LogP contribution in [0.4, 0.5) is 0 Å². The molecule has 3 rings (SSSR count). The summed E-state index contributed by atoms with van der Waals surface area (Å²) in [5.74, 6) is 0. The van der Waals surface area contributed by atoms with Crippen molar-refractivity contribution in [1.29, 1.82) is 0 Å². The Morgan fingerprint density at radius 2 is 2.04 bits per heavy atom. The number of aryl methyl sites for hydroxylation is 1. The second kappa shape index (κ2) is 6.19. The Bertz CT molecular complexity index is 816. The number of pyridine rings is 1. The van der Waals surface area contributed by atoms with E-state index in [9.17, 15) is 8.42 Å². The van der Waals surface area contributed by atoms with Gasteiger partial charge in [0, 0.05) is 29.7 Å². The Hall–Kier alpha value is -1.50. The molecular weight excluding hydrogens is 310 g/mol. The minimum absolute atomic E-state index is 0.168. The monoisotopic (exact) mass is 333 g/mol. The molecule has 1 heterocycles. The number of nitrogens with zero attached hydrogens (tertiary/aromatic N) is 2. The maximum atomic E-state index is 12.7. The fourth-order valence-corrected chi connectivity index (χ4v) is 4.02. The number of benzene rings is 1. The zero-order valence-electron chi connectivity index (χ0n) is 13.8. The molecule has 0 amide bonds. The van der Waals surface area contributed by atoms with Crippen LogP contribution in [0.1, 0.15) is 25.5 Å². The van der Waals surface area contributed by atoms with Crippen molar-refractivity contribution in [1.82, 2.24) is 14.6 Å². The van der Waals surface area contributed by atoms with Gasteiger partial charge in [-0.1, -0.05) is 18.2 Å². The molecule has 1 fully saturated rings. The molecule has 1 aromatic carbocycles. The molecule has 1 aliphatic rings. The standard InChI is InChI=1S/C17H23N3O2S/c1-12-7-8-14-5-4-6-16(17(14)19-12)23(21,22)18-11-13(2)20(3)15-9-10-15/h4-8,13,15,18H,9-11H2,1-3H3. The summed E-state index contributed by atoms with van der Waals surface area (Å²) in [4.78, 5) is 6.91. The topological polar surface area (TPSA) is 62.3 Å². The highest BCUT2D eigenvalue weighted by Crippen LogP contribution is 2.27. The summed E-state index contributed by atoms with van der Waals surface area (Å²) in [6.07, 6.45) is 2.42. The van der Waals surface area contributed by atoms with Gasteiger partial charge in [-0.2, -0.15) is 0 Å². The number of likely N-dealkylation sites (N-methyl/N-ethyl adjacent to an activating group) is 1. The summed E-state index contributed by atoms with van der Waals surface area (Å²) in [7, 11) is -1.52. The maximum absolute atomic E-state index is 12.7. The van der Waals surface area contributed by atoms with E-state index in [0.29, 0.717) is 18.1 Å². The molecule has 0 radical (unpaired) electrons. The summed E-state index contributed by atoms with van der Waals surface area (Å²) >= 11 is 0. The number of nitrogens with one attached hydrogen (secondary N) is 1. The quantitative estimate of drug-likeness (QED) is 0.881. The fraction of sp³-hybridized carbons (Fsp3) is 0.471. The first-order chi connectivity index (χ1) is 10.9. The van der Waals surface area contributed by atoms with Crippen LogP contribution in [0.3, 0.4) is 0 Å². The molecule has 23 heavy (non-hydrogen) atoms. The van der Waals surface area contributed by atoms with E-state index in [2.05, 4.69) is 21.7 Å². The Morgan fingerprint density at radius 1 is 1.30 bits per heavy atom. The second-order valence-corrected chi connectivity index (χ2v) is 8.11. The van der Waals surface area contributed by atoms with E-state index in [1.54, 1.807) is 12.1 Å². The van der Waals surface area contributed by atoms with E-state index in [1.165, 1.54) is 12.8 Å². The van der Waals surface area contributed by atoms with E-state index in [1.807, 2.05) is 32.0 Å². The number of sulfonamides is 1. The van der Waals surface area contributed by atoms with E-state index < -0.39 is 10.0 Å². The number of hydrogen-bond donors (Lipinski definition) is 1. The van der Waals surface area contributed by atoms with Crippen LogP contribution in [-0.2, 0) is 10.0 Å². The van der Waals surface area contributed by atoms with E-state index >= 15 is 0 Å². The van der Waals surface area contributed by atoms with Crippen molar-refractivity contribution >= 4 is 20.9 Å². The first kappa shape index (κ1) is 16.4. The third-order valence-corrected chi connectivity index (χ3v) is 5.95. The van der Waals surface area contributed by atoms with Gasteiger partial charge >= 0.3 is 0 Å². The van der Waals surface area contributed by atoms with Crippen LogP contribution in [0, 0.1) is 6.92 Å². The van der Waals surface area contributed by atoms with Crippen molar-refractivity contribution in [2.75, 3.05) is 13.6 Å². The summed E-state index contributed by atoms with van der Waals surface area (Å²) in [5, 5.41) is 0.835. The SMILES string of the molecule is Cc1ccc2cccc(S(=O)(=O)NCC(C)N(C)C3CC3)c2n1. The zero-order chi connectivity index (χ0) is 16.6. The largest absolute Gasteiger partial charge is 0.299 e. The molecule has 0 saturated heterocycles. The minimum atomic E-state index is -3.58. The van der Waals surface area contributed by atoms with Crippen molar-refractivity contribution in [3.05, 3.63) is 36.0 Å². The Morgan fingerprint density at radius 3 is 2.74 bits per heavy atom. The first-order valence-electron chi connectivity index (χ1n) is 7.96. The summed E-state index contributed by atoms with van der Waals surface area (Å²) in [5.41, 5.74) is 1.34. The van der Waals surface area contributed by atoms with Gasteiger partial charge in [-0.05, 0) is 45.9 Å². The van der Waals surface area contributed by atoms with Crippen molar-refractivity contribution in [2.24, 2.45) is 0 Å². The van der Waals surface area contributed by atoms with Gasteiger partial charge < -0.3 is 0 Å². The lowest BCUT2D eigenvalue weighted by molar-refractivity contribution is 0.248. The molecule has 1 aromatic heterocycles.